The van der Waals surface area contributed by atoms with Gasteiger partial charge in [0.15, 0.2) is 0 Å². The number of aromatic nitrogens is 2. The molecule has 2 aromatic heterocycles. The molecular formula is C17H12N2O. The number of pyridine rings is 1. The summed E-state index contributed by atoms with van der Waals surface area (Å²) in [5.74, 6) is 1.64. The van der Waals surface area contributed by atoms with Gasteiger partial charge in [0.05, 0.1) is 5.39 Å². The first-order chi connectivity index (χ1) is 9.90. The summed E-state index contributed by atoms with van der Waals surface area (Å²) in [4.78, 5) is 7.34. The monoisotopic (exact) mass is 260 g/mol. The molecule has 4 aromatic rings. The number of nitrogens with one attached hydrogen (secondary N) is 1. The van der Waals surface area contributed by atoms with Gasteiger partial charge in [0, 0.05) is 12.4 Å². The number of rotatable bonds is 2. The number of H-pyrrole nitrogens is 1. The van der Waals surface area contributed by atoms with Crippen molar-refractivity contribution < 1.29 is 4.74 Å². The van der Waals surface area contributed by atoms with Crippen molar-refractivity contribution in [3.05, 3.63) is 67.0 Å². The molecule has 0 radical (unpaired) electrons. The summed E-state index contributed by atoms with van der Waals surface area (Å²) < 4.78 is 6.00. The van der Waals surface area contributed by atoms with Gasteiger partial charge in [0.25, 0.3) is 0 Å². The van der Waals surface area contributed by atoms with Crippen molar-refractivity contribution in [1.82, 2.24) is 9.97 Å². The molecule has 0 aliphatic carbocycles. The van der Waals surface area contributed by atoms with Crippen LogP contribution in [0.25, 0.3) is 21.8 Å². The Labute approximate surface area is 115 Å². The molecule has 0 saturated carbocycles. The largest absolute Gasteiger partial charge is 0.457 e. The van der Waals surface area contributed by atoms with Crippen LogP contribution in [0.2, 0.25) is 0 Å². The standard InChI is InChI=1S/C17H12N2O/c1-2-4-13-11-14(6-5-12(13)3-1)20-16-8-10-19-17-15(16)7-9-18-17/h1-11H,(H,18,19). The molecule has 0 bridgehead atoms. The van der Waals surface area contributed by atoms with Gasteiger partial charge in [-0.1, -0.05) is 30.3 Å². The number of ether oxygens (including phenoxy) is 1. The predicted molar refractivity (Wildman–Crippen MR) is 80.1 cm³/mol. The van der Waals surface area contributed by atoms with E-state index in [1.54, 1.807) is 6.20 Å². The molecule has 0 atom stereocenters. The lowest BCUT2D eigenvalue weighted by Gasteiger charge is -2.07. The maximum atomic E-state index is 6.00. The third-order valence-electron chi connectivity index (χ3n) is 3.37. The van der Waals surface area contributed by atoms with Crippen LogP contribution in [-0.4, -0.2) is 9.97 Å². The first kappa shape index (κ1) is 11.1. The van der Waals surface area contributed by atoms with Gasteiger partial charge >= 0.3 is 0 Å². The number of aromatic amines is 1. The van der Waals surface area contributed by atoms with Gasteiger partial charge in [-0.2, -0.15) is 0 Å². The van der Waals surface area contributed by atoms with Gasteiger partial charge in [-0.05, 0) is 35.0 Å². The van der Waals surface area contributed by atoms with Crippen LogP contribution in [0, 0.1) is 0 Å². The Bertz CT molecular complexity index is 895. The highest BCUT2D eigenvalue weighted by atomic mass is 16.5. The van der Waals surface area contributed by atoms with E-state index in [-0.39, 0.29) is 0 Å². The smallest absolute Gasteiger partial charge is 0.140 e. The molecule has 0 aliphatic heterocycles. The molecule has 2 heterocycles. The minimum Gasteiger partial charge on any atom is -0.457 e. The number of benzene rings is 2. The van der Waals surface area contributed by atoms with Crippen molar-refractivity contribution in [2.75, 3.05) is 0 Å². The van der Waals surface area contributed by atoms with E-state index in [0.717, 1.165) is 22.5 Å². The molecule has 2 aromatic carbocycles. The number of nitrogens with zero attached hydrogens (tertiary/aromatic N) is 1. The average molecular weight is 260 g/mol. The van der Waals surface area contributed by atoms with Crippen LogP contribution in [0.4, 0.5) is 0 Å². The Morgan fingerprint density at radius 3 is 2.75 bits per heavy atom. The van der Waals surface area contributed by atoms with Gasteiger partial charge in [0.1, 0.15) is 17.1 Å². The van der Waals surface area contributed by atoms with Crippen LogP contribution in [0.15, 0.2) is 67.0 Å². The van der Waals surface area contributed by atoms with Crippen molar-refractivity contribution in [3.63, 3.8) is 0 Å². The molecule has 0 fully saturated rings. The molecule has 0 unspecified atom stereocenters. The zero-order valence-electron chi connectivity index (χ0n) is 10.7. The number of fused-ring (bicyclic) bond motifs is 2. The lowest BCUT2D eigenvalue weighted by molar-refractivity contribution is 0.489. The van der Waals surface area contributed by atoms with Gasteiger partial charge in [-0.3, -0.25) is 0 Å². The second kappa shape index (κ2) is 4.38. The summed E-state index contributed by atoms with van der Waals surface area (Å²) in [6.45, 7) is 0. The Morgan fingerprint density at radius 1 is 0.900 bits per heavy atom. The topological polar surface area (TPSA) is 37.9 Å². The van der Waals surface area contributed by atoms with Crippen LogP contribution < -0.4 is 4.74 Å². The van der Waals surface area contributed by atoms with E-state index in [1.807, 2.05) is 42.6 Å². The van der Waals surface area contributed by atoms with E-state index in [2.05, 4.69) is 28.2 Å². The molecular weight excluding hydrogens is 248 g/mol. The minimum absolute atomic E-state index is 0.812. The zero-order chi connectivity index (χ0) is 13.4. The Morgan fingerprint density at radius 2 is 1.80 bits per heavy atom. The maximum absolute atomic E-state index is 6.00. The van der Waals surface area contributed by atoms with Crippen molar-refractivity contribution in [2.24, 2.45) is 0 Å². The molecule has 3 nitrogen and oxygen atoms in total. The SMILES string of the molecule is c1ccc2cc(Oc3ccnc4[nH]ccc34)ccc2c1. The summed E-state index contributed by atoms with van der Waals surface area (Å²) in [6, 6.07) is 18.2. The molecule has 0 aliphatic rings. The molecule has 96 valence electrons. The molecule has 0 spiro atoms. The van der Waals surface area contributed by atoms with Crippen LogP contribution in [0.3, 0.4) is 0 Å². The Balaban J connectivity index is 1.78. The van der Waals surface area contributed by atoms with Crippen molar-refractivity contribution in [1.29, 1.82) is 0 Å². The molecule has 20 heavy (non-hydrogen) atoms. The molecule has 0 saturated heterocycles. The highest BCUT2D eigenvalue weighted by Crippen LogP contribution is 2.30. The first-order valence-corrected chi connectivity index (χ1v) is 6.49. The fraction of sp³-hybridized carbons (Fsp3) is 0. The number of hydrogen-bond donors (Lipinski definition) is 1. The normalized spacial score (nSPS) is 11.0. The molecule has 3 heteroatoms. The van der Waals surface area contributed by atoms with E-state index in [1.165, 1.54) is 10.8 Å². The summed E-state index contributed by atoms with van der Waals surface area (Å²) in [5.41, 5.74) is 0.836. The van der Waals surface area contributed by atoms with Crippen LogP contribution in [0.1, 0.15) is 0 Å². The van der Waals surface area contributed by atoms with Crippen LogP contribution >= 0.6 is 0 Å². The van der Waals surface area contributed by atoms with E-state index in [4.69, 9.17) is 4.74 Å². The third kappa shape index (κ3) is 1.80. The molecule has 4 rings (SSSR count). The van der Waals surface area contributed by atoms with Gasteiger partial charge in [-0.15, -0.1) is 0 Å². The molecule has 1 N–H and O–H groups in total. The minimum atomic E-state index is 0.812. The average Bonchev–Trinajstić information content (AvgIpc) is 2.97. The Hall–Kier alpha value is -2.81. The van der Waals surface area contributed by atoms with E-state index in [0.29, 0.717) is 0 Å². The second-order valence-electron chi connectivity index (χ2n) is 4.66. The molecule has 0 amide bonds. The summed E-state index contributed by atoms with van der Waals surface area (Å²) >= 11 is 0. The summed E-state index contributed by atoms with van der Waals surface area (Å²) in [5, 5.41) is 3.37. The summed E-state index contributed by atoms with van der Waals surface area (Å²) in [7, 11) is 0. The van der Waals surface area contributed by atoms with Crippen molar-refractivity contribution >= 4 is 21.8 Å². The maximum Gasteiger partial charge on any atom is 0.140 e. The fourth-order valence-corrected chi connectivity index (χ4v) is 2.38. The number of hydrogen-bond acceptors (Lipinski definition) is 2. The van der Waals surface area contributed by atoms with Crippen molar-refractivity contribution in [3.8, 4) is 11.5 Å². The zero-order valence-corrected chi connectivity index (χ0v) is 10.7. The van der Waals surface area contributed by atoms with Gasteiger partial charge < -0.3 is 9.72 Å². The second-order valence-corrected chi connectivity index (χ2v) is 4.66. The van der Waals surface area contributed by atoms with Crippen LogP contribution in [-0.2, 0) is 0 Å². The van der Waals surface area contributed by atoms with Gasteiger partial charge in [0.2, 0.25) is 0 Å². The lowest BCUT2D eigenvalue weighted by atomic mass is 10.1. The fourth-order valence-electron chi connectivity index (χ4n) is 2.38. The summed E-state index contributed by atoms with van der Waals surface area (Å²) in [6.07, 6.45) is 3.61. The Kier molecular flexibility index (Phi) is 2.42. The van der Waals surface area contributed by atoms with Gasteiger partial charge in [-0.25, -0.2) is 4.98 Å². The van der Waals surface area contributed by atoms with E-state index >= 15 is 0 Å². The van der Waals surface area contributed by atoms with Crippen molar-refractivity contribution in [2.45, 2.75) is 0 Å². The third-order valence-corrected chi connectivity index (χ3v) is 3.37. The van der Waals surface area contributed by atoms with Crippen LogP contribution in [0.5, 0.6) is 11.5 Å². The first-order valence-electron chi connectivity index (χ1n) is 6.49. The highest BCUT2D eigenvalue weighted by Gasteiger charge is 2.05. The lowest BCUT2D eigenvalue weighted by Crippen LogP contribution is -1.86. The van der Waals surface area contributed by atoms with E-state index in [9.17, 15) is 0 Å². The van der Waals surface area contributed by atoms with E-state index < -0.39 is 0 Å². The quantitative estimate of drug-likeness (QED) is 0.576. The predicted octanol–water partition coefficient (Wildman–Crippen LogP) is 4.51. The highest BCUT2D eigenvalue weighted by molar-refractivity contribution is 5.85.